The first kappa shape index (κ1) is 11.5. The van der Waals surface area contributed by atoms with E-state index in [1.165, 1.54) is 6.07 Å². The second-order valence-electron chi connectivity index (χ2n) is 2.02. The van der Waals surface area contributed by atoms with Crippen LogP contribution >= 0.6 is 11.8 Å². The first-order chi connectivity index (χ1) is 5.84. The van der Waals surface area contributed by atoms with E-state index in [2.05, 4.69) is 0 Å². The van der Waals surface area contributed by atoms with E-state index >= 15 is 0 Å². The molecule has 0 amide bonds. The Morgan fingerprint density at radius 2 is 1.83 bits per heavy atom. The van der Waals surface area contributed by atoms with Crippen molar-refractivity contribution in [1.82, 2.24) is 0 Å². The van der Waals surface area contributed by atoms with E-state index in [0.29, 0.717) is 0 Å². The molecule has 0 spiro atoms. The second-order valence-corrected chi connectivity index (χ2v) is 2.89. The van der Waals surface area contributed by atoms with Gasteiger partial charge in [0.05, 0.1) is 0 Å². The van der Waals surface area contributed by atoms with Gasteiger partial charge < -0.3 is 0 Å². The summed E-state index contributed by atoms with van der Waals surface area (Å²) >= 11 is 1.63. The highest BCUT2D eigenvalue weighted by Gasteiger charge is 1.96. The van der Waals surface area contributed by atoms with E-state index < -0.39 is 0 Å². The average molecular weight is 186 g/mol. The summed E-state index contributed by atoms with van der Waals surface area (Å²) in [6, 6.07) is 6.87. The molecule has 0 aliphatic heterocycles. The van der Waals surface area contributed by atoms with Crippen molar-refractivity contribution in [3.8, 4) is 0 Å². The lowest BCUT2D eigenvalue weighted by Crippen LogP contribution is -1.84. The summed E-state index contributed by atoms with van der Waals surface area (Å²) in [7, 11) is 0. The molecule has 0 saturated carbocycles. The highest BCUT2D eigenvalue weighted by atomic mass is 32.2. The zero-order valence-electron chi connectivity index (χ0n) is 7.80. The van der Waals surface area contributed by atoms with Crippen molar-refractivity contribution in [2.45, 2.75) is 19.6 Å². The van der Waals surface area contributed by atoms with Gasteiger partial charge in [0.15, 0.2) is 0 Å². The molecule has 1 rings (SSSR count). The van der Waals surface area contributed by atoms with Gasteiger partial charge in [-0.3, -0.25) is 0 Å². The number of benzene rings is 1. The smallest absolute Gasteiger partial charge is 0.127 e. The number of hydrogen-bond donors (Lipinski definition) is 0. The third-order valence-electron chi connectivity index (χ3n) is 1.26. The van der Waals surface area contributed by atoms with Gasteiger partial charge in [-0.1, -0.05) is 32.0 Å². The molecule has 0 aromatic heterocycles. The number of hydrogen-bond acceptors (Lipinski definition) is 1. The van der Waals surface area contributed by atoms with Crippen molar-refractivity contribution < 1.29 is 4.39 Å². The zero-order chi connectivity index (χ0) is 9.40. The molecule has 0 radical (unpaired) electrons. The van der Waals surface area contributed by atoms with E-state index in [9.17, 15) is 4.39 Å². The highest BCUT2D eigenvalue weighted by molar-refractivity contribution is 7.97. The van der Waals surface area contributed by atoms with Crippen LogP contribution in [0.15, 0.2) is 24.3 Å². The summed E-state index contributed by atoms with van der Waals surface area (Å²) in [5.41, 5.74) is 0.787. The minimum Gasteiger partial charge on any atom is -0.207 e. The third-order valence-corrected chi connectivity index (χ3v) is 1.86. The summed E-state index contributed by atoms with van der Waals surface area (Å²) < 4.78 is 12.8. The molecule has 0 aliphatic rings. The Hall–Kier alpha value is -0.500. The van der Waals surface area contributed by atoms with Crippen molar-refractivity contribution in [1.29, 1.82) is 0 Å². The van der Waals surface area contributed by atoms with Crippen LogP contribution in [0.25, 0.3) is 0 Å². The number of rotatable bonds is 2. The molecule has 1 aromatic carbocycles. The molecule has 0 aliphatic carbocycles. The molecule has 0 saturated heterocycles. The highest BCUT2D eigenvalue weighted by Crippen LogP contribution is 2.12. The standard InChI is InChI=1S/C8H9FS.C2H6/c1-10-6-7-4-2-3-5-8(7)9;1-2/h2-5H,6H2,1H3;1-2H3. The van der Waals surface area contributed by atoms with E-state index in [1.807, 2.05) is 32.2 Å². The molecule has 0 atom stereocenters. The molecule has 1 aromatic rings. The Kier molecular flexibility index (Phi) is 6.87. The van der Waals surface area contributed by atoms with Crippen molar-refractivity contribution >= 4 is 11.8 Å². The lowest BCUT2D eigenvalue weighted by Gasteiger charge is -1.97. The normalized spacial score (nSPS) is 8.67. The molecule has 12 heavy (non-hydrogen) atoms. The predicted molar refractivity (Wildman–Crippen MR) is 55.0 cm³/mol. The van der Waals surface area contributed by atoms with E-state index in [0.717, 1.165) is 11.3 Å². The van der Waals surface area contributed by atoms with Crippen LogP contribution in [0.5, 0.6) is 0 Å². The Balaban J connectivity index is 0.000000561. The Morgan fingerprint density at radius 1 is 1.25 bits per heavy atom. The maximum atomic E-state index is 12.8. The van der Waals surface area contributed by atoms with Crippen LogP contribution in [0.3, 0.4) is 0 Å². The molecule has 0 unspecified atom stereocenters. The summed E-state index contributed by atoms with van der Waals surface area (Å²) in [4.78, 5) is 0. The molecule has 2 heteroatoms. The van der Waals surface area contributed by atoms with Crippen LogP contribution in [0, 0.1) is 5.82 Å². The van der Waals surface area contributed by atoms with Gasteiger partial charge in [0.1, 0.15) is 5.82 Å². The fraction of sp³-hybridized carbons (Fsp3) is 0.400. The monoisotopic (exact) mass is 186 g/mol. The fourth-order valence-corrected chi connectivity index (χ4v) is 1.32. The predicted octanol–water partition coefficient (Wildman–Crippen LogP) is 3.71. The number of halogens is 1. The minimum atomic E-state index is -0.100. The zero-order valence-corrected chi connectivity index (χ0v) is 8.62. The van der Waals surface area contributed by atoms with Crippen LogP contribution in [0.4, 0.5) is 4.39 Å². The minimum absolute atomic E-state index is 0.100. The molecule has 0 heterocycles. The van der Waals surface area contributed by atoms with Crippen molar-refractivity contribution in [3.63, 3.8) is 0 Å². The van der Waals surface area contributed by atoms with Gasteiger partial charge >= 0.3 is 0 Å². The summed E-state index contributed by atoms with van der Waals surface area (Å²) in [5, 5.41) is 0. The van der Waals surface area contributed by atoms with Gasteiger partial charge in [-0.15, -0.1) is 0 Å². The van der Waals surface area contributed by atoms with Gasteiger partial charge in [0.2, 0.25) is 0 Å². The average Bonchev–Trinajstić information content (AvgIpc) is 2.13. The topological polar surface area (TPSA) is 0 Å². The maximum Gasteiger partial charge on any atom is 0.127 e. The molecule has 0 fully saturated rings. The Bertz CT molecular complexity index is 211. The molecule has 0 N–H and O–H groups in total. The van der Waals surface area contributed by atoms with Crippen molar-refractivity contribution in [2.24, 2.45) is 0 Å². The fourth-order valence-electron chi connectivity index (χ4n) is 0.771. The quantitative estimate of drug-likeness (QED) is 0.678. The van der Waals surface area contributed by atoms with E-state index in [1.54, 1.807) is 17.8 Å². The van der Waals surface area contributed by atoms with Crippen LogP contribution in [0.2, 0.25) is 0 Å². The molecule has 68 valence electrons. The first-order valence-corrected chi connectivity index (χ1v) is 5.46. The maximum absolute atomic E-state index is 12.8. The van der Waals surface area contributed by atoms with Crippen LogP contribution < -0.4 is 0 Å². The Morgan fingerprint density at radius 3 is 2.33 bits per heavy atom. The second kappa shape index (κ2) is 7.17. The van der Waals surface area contributed by atoms with Crippen LogP contribution in [0.1, 0.15) is 19.4 Å². The van der Waals surface area contributed by atoms with Crippen molar-refractivity contribution in [3.05, 3.63) is 35.6 Å². The summed E-state index contributed by atoms with van der Waals surface area (Å²) in [6.07, 6.45) is 1.96. The molecule has 0 bridgehead atoms. The Labute approximate surface area is 78.2 Å². The molecular formula is C10H15FS. The third kappa shape index (κ3) is 3.77. The largest absolute Gasteiger partial charge is 0.207 e. The van der Waals surface area contributed by atoms with E-state index in [4.69, 9.17) is 0 Å². The van der Waals surface area contributed by atoms with Gasteiger partial charge in [-0.25, -0.2) is 4.39 Å². The van der Waals surface area contributed by atoms with E-state index in [-0.39, 0.29) is 5.82 Å². The summed E-state index contributed by atoms with van der Waals surface area (Å²) in [6.45, 7) is 4.00. The lowest BCUT2D eigenvalue weighted by molar-refractivity contribution is 0.617. The van der Waals surface area contributed by atoms with Gasteiger partial charge in [0.25, 0.3) is 0 Å². The van der Waals surface area contributed by atoms with Gasteiger partial charge in [-0.05, 0) is 17.9 Å². The molecular weight excluding hydrogens is 171 g/mol. The van der Waals surface area contributed by atoms with Gasteiger partial charge in [0, 0.05) is 5.75 Å². The van der Waals surface area contributed by atoms with Crippen molar-refractivity contribution in [2.75, 3.05) is 6.26 Å². The lowest BCUT2D eigenvalue weighted by atomic mass is 10.2. The van der Waals surface area contributed by atoms with Crippen LogP contribution in [-0.4, -0.2) is 6.26 Å². The number of thioether (sulfide) groups is 1. The van der Waals surface area contributed by atoms with Gasteiger partial charge in [-0.2, -0.15) is 11.8 Å². The SMILES string of the molecule is CC.CSCc1ccccc1F. The van der Waals surface area contributed by atoms with Crippen LogP contribution in [-0.2, 0) is 5.75 Å². The summed E-state index contributed by atoms with van der Waals surface area (Å²) in [5.74, 6) is 0.656. The first-order valence-electron chi connectivity index (χ1n) is 4.07. The molecule has 0 nitrogen and oxygen atoms in total.